The summed E-state index contributed by atoms with van der Waals surface area (Å²) in [5, 5.41) is 0. The Bertz CT molecular complexity index is 454. The SMILES string of the molecule is Cc1ccc(C)c([C@@H]2CCCN2C(=O)[C@H](C)N)c1. The fourth-order valence-electron chi connectivity index (χ4n) is 2.73. The van der Waals surface area contributed by atoms with Gasteiger partial charge in [0, 0.05) is 6.54 Å². The summed E-state index contributed by atoms with van der Waals surface area (Å²) in [6, 6.07) is 6.26. The van der Waals surface area contributed by atoms with Crippen molar-refractivity contribution in [1.82, 2.24) is 4.90 Å². The molecule has 1 fully saturated rings. The monoisotopic (exact) mass is 246 g/mol. The smallest absolute Gasteiger partial charge is 0.239 e. The Kier molecular flexibility index (Phi) is 3.71. The molecule has 18 heavy (non-hydrogen) atoms. The molecule has 3 heteroatoms. The molecule has 2 N–H and O–H groups in total. The average molecular weight is 246 g/mol. The Morgan fingerprint density at radius 2 is 2.17 bits per heavy atom. The molecule has 0 aliphatic carbocycles. The standard InChI is InChI=1S/C15H22N2O/c1-10-6-7-11(2)13(9-10)14-5-4-8-17(14)15(18)12(3)16/h6-7,9,12,14H,4-5,8,16H2,1-3H3/t12-,14-/m0/s1. The minimum absolute atomic E-state index is 0.0680. The number of aryl methyl sites for hydroxylation is 2. The summed E-state index contributed by atoms with van der Waals surface area (Å²) in [4.78, 5) is 14.1. The maximum Gasteiger partial charge on any atom is 0.239 e. The largest absolute Gasteiger partial charge is 0.334 e. The third kappa shape index (κ3) is 2.41. The van der Waals surface area contributed by atoms with Crippen molar-refractivity contribution < 1.29 is 4.79 Å². The van der Waals surface area contributed by atoms with Crippen molar-refractivity contribution in [3.05, 3.63) is 34.9 Å². The molecule has 1 heterocycles. The summed E-state index contributed by atoms with van der Waals surface area (Å²) in [7, 11) is 0. The number of nitrogens with zero attached hydrogens (tertiary/aromatic N) is 1. The number of benzene rings is 1. The zero-order valence-corrected chi connectivity index (χ0v) is 11.4. The number of amides is 1. The summed E-state index contributed by atoms with van der Waals surface area (Å²) in [5.41, 5.74) is 9.52. The maximum atomic E-state index is 12.1. The molecule has 1 aliphatic rings. The lowest BCUT2D eigenvalue weighted by atomic mass is 9.97. The predicted octanol–water partition coefficient (Wildman–Crippen LogP) is 2.31. The van der Waals surface area contributed by atoms with Crippen LogP contribution in [0.1, 0.15) is 42.5 Å². The second kappa shape index (κ2) is 5.11. The second-order valence-electron chi connectivity index (χ2n) is 5.34. The molecular formula is C15H22N2O. The van der Waals surface area contributed by atoms with Crippen LogP contribution in [0.15, 0.2) is 18.2 Å². The fourth-order valence-corrected chi connectivity index (χ4v) is 2.73. The number of hydrogen-bond acceptors (Lipinski definition) is 2. The topological polar surface area (TPSA) is 46.3 Å². The first kappa shape index (κ1) is 13.1. The molecule has 0 unspecified atom stereocenters. The quantitative estimate of drug-likeness (QED) is 0.870. The van der Waals surface area contributed by atoms with Crippen LogP contribution in [-0.2, 0) is 4.79 Å². The summed E-state index contributed by atoms with van der Waals surface area (Å²) >= 11 is 0. The van der Waals surface area contributed by atoms with Gasteiger partial charge in [-0.2, -0.15) is 0 Å². The van der Waals surface area contributed by atoms with E-state index in [4.69, 9.17) is 5.73 Å². The van der Waals surface area contributed by atoms with Crippen LogP contribution in [0.4, 0.5) is 0 Å². The first-order valence-electron chi connectivity index (χ1n) is 6.64. The fraction of sp³-hybridized carbons (Fsp3) is 0.533. The normalized spacial score (nSPS) is 21.1. The molecule has 0 radical (unpaired) electrons. The van der Waals surface area contributed by atoms with Crippen LogP contribution in [0, 0.1) is 13.8 Å². The van der Waals surface area contributed by atoms with Gasteiger partial charge >= 0.3 is 0 Å². The number of hydrogen-bond donors (Lipinski definition) is 1. The lowest BCUT2D eigenvalue weighted by Gasteiger charge is -2.28. The molecule has 0 spiro atoms. The second-order valence-corrected chi connectivity index (χ2v) is 5.34. The van der Waals surface area contributed by atoms with Crippen molar-refractivity contribution in [1.29, 1.82) is 0 Å². The van der Waals surface area contributed by atoms with Crippen molar-refractivity contribution in [2.75, 3.05) is 6.54 Å². The van der Waals surface area contributed by atoms with Gasteiger partial charge in [0.1, 0.15) is 0 Å². The Morgan fingerprint density at radius 3 is 2.83 bits per heavy atom. The highest BCUT2D eigenvalue weighted by atomic mass is 16.2. The van der Waals surface area contributed by atoms with Crippen molar-refractivity contribution in [2.45, 2.75) is 45.7 Å². The van der Waals surface area contributed by atoms with Crippen molar-refractivity contribution in [3.63, 3.8) is 0 Å². The van der Waals surface area contributed by atoms with Crippen molar-refractivity contribution in [3.8, 4) is 0 Å². The highest BCUT2D eigenvalue weighted by Gasteiger charge is 2.31. The predicted molar refractivity (Wildman–Crippen MR) is 73.3 cm³/mol. The average Bonchev–Trinajstić information content (AvgIpc) is 2.80. The lowest BCUT2D eigenvalue weighted by Crippen LogP contribution is -2.41. The zero-order valence-electron chi connectivity index (χ0n) is 11.4. The third-order valence-corrected chi connectivity index (χ3v) is 3.72. The highest BCUT2D eigenvalue weighted by Crippen LogP contribution is 2.34. The zero-order chi connectivity index (χ0) is 13.3. The molecule has 1 aromatic rings. The van der Waals surface area contributed by atoms with Crippen LogP contribution in [0.2, 0.25) is 0 Å². The van der Waals surface area contributed by atoms with E-state index in [0.29, 0.717) is 0 Å². The Balaban J connectivity index is 2.31. The minimum atomic E-state index is -0.407. The summed E-state index contributed by atoms with van der Waals surface area (Å²) in [5.74, 6) is 0.0680. The number of rotatable bonds is 2. The van der Waals surface area contributed by atoms with E-state index in [1.807, 2.05) is 4.90 Å². The van der Waals surface area contributed by atoms with E-state index in [1.165, 1.54) is 16.7 Å². The van der Waals surface area contributed by atoms with Gasteiger partial charge in [0.2, 0.25) is 5.91 Å². The molecule has 1 aromatic carbocycles. The minimum Gasteiger partial charge on any atom is -0.334 e. The first-order valence-corrected chi connectivity index (χ1v) is 6.64. The van der Waals surface area contributed by atoms with Crippen LogP contribution < -0.4 is 5.73 Å². The molecule has 2 rings (SSSR count). The molecule has 1 saturated heterocycles. The Morgan fingerprint density at radius 1 is 1.44 bits per heavy atom. The van der Waals surface area contributed by atoms with Gasteiger partial charge in [-0.25, -0.2) is 0 Å². The summed E-state index contributed by atoms with van der Waals surface area (Å²) in [6.45, 7) is 6.80. The Hall–Kier alpha value is -1.35. The van der Waals surface area contributed by atoms with Gasteiger partial charge < -0.3 is 10.6 Å². The summed E-state index contributed by atoms with van der Waals surface area (Å²) < 4.78 is 0. The number of carbonyl (C=O) groups is 1. The van der Waals surface area contributed by atoms with Crippen LogP contribution in [0.5, 0.6) is 0 Å². The van der Waals surface area contributed by atoms with E-state index in [0.717, 1.165) is 19.4 Å². The number of nitrogens with two attached hydrogens (primary N) is 1. The van der Waals surface area contributed by atoms with E-state index in [2.05, 4.69) is 32.0 Å². The van der Waals surface area contributed by atoms with Gasteiger partial charge in [0.05, 0.1) is 12.1 Å². The number of likely N-dealkylation sites (tertiary alicyclic amines) is 1. The van der Waals surface area contributed by atoms with Gasteiger partial charge in [-0.05, 0) is 44.7 Å². The van der Waals surface area contributed by atoms with E-state index in [1.54, 1.807) is 6.92 Å². The van der Waals surface area contributed by atoms with E-state index >= 15 is 0 Å². The molecule has 0 saturated carbocycles. The van der Waals surface area contributed by atoms with Crippen LogP contribution in [0.3, 0.4) is 0 Å². The van der Waals surface area contributed by atoms with Gasteiger partial charge in [0.15, 0.2) is 0 Å². The molecule has 2 atom stereocenters. The molecule has 0 bridgehead atoms. The number of carbonyl (C=O) groups excluding carboxylic acids is 1. The molecule has 0 aromatic heterocycles. The van der Waals surface area contributed by atoms with E-state index < -0.39 is 6.04 Å². The van der Waals surface area contributed by atoms with Crippen molar-refractivity contribution in [2.24, 2.45) is 5.73 Å². The molecule has 3 nitrogen and oxygen atoms in total. The highest BCUT2D eigenvalue weighted by molar-refractivity contribution is 5.82. The lowest BCUT2D eigenvalue weighted by molar-refractivity contribution is -0.133. The van der Waals surface area contributed by atoms with E-state index in [9.17, 15) is 4.79 Å². The molecule has 1 aliphatic heterocycles. The van der Waals surface area contributed by atoms with Crippen LogP contribution in [-0.4, -0.2) is 23.4 Å². The van der Waals surface area contributed by atoms with Crippen molar-refractivity contribution >= 4 is 5.91 Å². The summed E-state index contributed by atoms with van der Waals surface area (Å²) in [6.07, 6.45) is 2.11. The molecule has 1 amide bonds. The van der Waals surface area contributed by atoms with Gasteiger partial charge in [-0.15, -0.1) is 0 Å². The van der Waals surface area contributed by atoms with Gasteiger partial charge in [-0.1, -0.05) is 23.8 Å². The molecule has 98 valence electrons. The van der Waals surface area contributed by atoms with E-state index in [-0.39, 0.29) is 11.9 Å². The molecular weight excluding hydrogens is 224 g/mol. The van der Waals surface area contributed by atoms with Crippen LogP contribution >= 0.6 is 0 Å². The first-order chi connectivity index (χ1) is 8.50. The van der Waals surface area contributed by atoms with Gasteiger partial charge in [0.25, 0.3) is 0 Å². The maximum absolute atomic E-state index is 12.1. The Labute approximate surface area is 109 Å². The third-order valence-electron chi connectivity index (χ3n) is 3.72. The van der Waals surface area contributed by atoms with Gasteiger partial charge in [-0.3, -0.25) is 4.79 Å². The van der Waals surface area contributed by atoms with Crippen LogP contribution in [0.25, 0.3) is 0 Å².